The molecule has 0 saturated carbocycles. The van der Waals surface area contributed by atoms with E-state index in [0.717, 1.165) is 11.3 Å². The number of nitrogens with one attached hydrogen (secondary N) is 2. The quantitative estimate of drug-likeness (QED) is 0.572. The number of anilines is 1. The Hall–Kier alpha value is -2.61. The van der Waals surface area contributed by atoms with Gasteiger partial charge in [0.1, 0.15) is 0 Å². The van der Waals surface area contributed by atoms with Crippen LogP contribution in [0.5, 0.6) is 0 Å². The van der Waals surface area contributed by atoms with Gasteiger partial charge in [-0.25, -0.2) is 13.1 Å². The molecule has 0 fully saturated rings. The van der Waals surface area contributed by atoms with Crippen LogP contribution < -0.4 is 10.0 Å². The van der Waals surface area contributed by atoms with E-state index in [4.69, 9.17) is 0 Å². The summed E-state index contributed by atoms with van der Waals surface area (Å²) in [6.07, 6.45) is 0. The first-order valence-corrected chi connectivity index (χ1v) is 11.1. The Morgan fingerprint density at radius 2 is 1.64 bits per heavy atom. The summed E-state index contributed by atoms with van der Waals surface area (Å²) in [6, 6.07) is 23.7. The Morgan fingerprint density at radius 3 is 2.32 bits per heavy atom. The van der Waals surface area contributed by atoms with Crippen LogP contribution >= 0.6 is 11.8 Å². The van der Waals surface area contributed by atoms with Crippen molar-refractivity contribution in [3.8, 4) is 0 Å². The summed E-state index contributed by atoms with van der Waals surface area (Å²) in [6.45, 7) is 0. The van der Waals surface area contributed by atoms with Gasteiger partial charge >= 0.3 is 0 Å². The number of carbonyl (C=O) groups is 1. The van der Waals surface area contributed by atoms with Gasteiger partial charge in [-0.1, -0.05) is 36.4 Å². The second-order valence-corrected chi connectivity index (χ2v) is 8.92. The second kappa shape index (κ2) is 9.05. The molecule has 0 aliphatic heterocycles. The molecular weight excluding hydrogens is 392 g/mol. The monoisotopic (exact) mass is 412 g/mol. The number of rotatable bonds is 7. The van der Waals surface area contributed by atoms with E-state index in [1.54, 1.807) is 23.9 Å². The standard InChI is InChI=1S/C21H20N2O3S2/c1-22-28(25,26)20-9-5-6-17(14-20)21(24)23-18-12-10-16(11-13-18)15-27-19-7-3-2-4-8-19/h2-14,22H,15H2,1H3,(H,23,24). The van der Waals surface area contributed by atoms with Gasteiger partial charge in [0.05, 0.1) is 4.90 Å². The third kappa shape index (κ3) is 5.22. The van der Waals surface area contributed by atoms with Crippen molar-refractivity contribution in [3.63, 3.8) is 0 Å². The molecular formula is C21H20N2O3S2. The Labute approximate surface area is 169 Å². The van der Waals surface area contributed by atoms with Crippen LogP contribution in [0.25, 0.3) is 0 Å². The van der Waals surface area contributed by atoms with E-state index in [2.05, 4.69) is 22.2 Å². The van der Waals surface area contributed by atoms with E-state index in [1.165, 1.54) is 24.1 Å². The highest BCUT2D eigenvalue weighted by Crippen LogP contribution is 2.23. The van der Waals surface area contributed by atoms with Gasteiger partial charge in [-0.3, -0.25) is 4.79 Å². The van der Waals surface area contributed by atoms with E-state index < -0.39 is 10.0 Å². The fraction of sp³-hybridized carbons (Fsp3) is 0.0952. The van der Waals surface area contributed by atoms with Crippen molar-refractivity contribution in [2.75, 3.05) is 12.4 Å². The highest BCUT2D eigenvalue weighted by molar-refractivity contribution is 7.98. The lowest BCUT2D eigenvalue weighted by molar-refractivity contribution is 0.102. The average Bonchev–Trinajstić information content (AvgIpc) is 2.74. The van der Waals surface area contributed by atoms with Gasteiger partial charge in [-0.05, 0) is 55.1 Å². The molecule has 0 atom stereocenters. The molecule has 144 valence electrons. The van der Waals surface area contributed by atoms with Gasteiger partial charge in [0.25, 0.3) is 5.91 Å². The molecule has 7 heteroatoms. The third-order valence-electron chi connectivity index (χ3n) is 4.04. The lowest BCUT2D eigenvalue weighted by atomic mass is 10.2. The summed E-state index contributed by atoms with van der Waals surface area (Å²) >= 11 is 1.75. The molecule has 0 aromatic heterocycles. The number of carbonyl (C=O) groups excluding carboxylic acids is 1. The minimum absolute atomic E-state index is 0.0518. The first kappa shape index (κ1) is 20.1. The highest BCUT2D eigenvalue weighted by atomic mass is 32.2. The summed E-state index contributed by atoms with van der Waals surface area (Å²) in [7, 11) is -2.26. The van der Waals surface area contributed by atoms with E-state index in [0.29, 0.717) is 5.69 Å². The number of benzene rings is 3. The fourth-order valence-electron chi connectivity index (χ4n) is 2.49. The number of hydrogen-bond acceptors (Lipinski definition) is 4. The van der Waals surface area contributed by atoms with Crippen molar-refractivity contribution in [2.45, 2.75) is 15.5 Å². The van der Waals surface area contributed by atoms with Gasteiger partial charge < -0.3 is 5.32 Å². The number of sulfonamides is 1. The van der Waals surface area contributed by atoms with E-state index >= 15 is 0 Å². The Kier molecular flexibility index (Phi) is 6.51. The summed E-state index contributed by atoms with van der Waals surface area (Å²) in [5, 5.41) is 2.79. The van der Waals surface area contributed by atoms with Crippen LogP contribution in [0.3, 0.4) is 0 Å². The molecule has 2 N–H and O–H groups in total. The van der Waals surface area contributed by atoms with Crippen LogP contribution in [0.4, 0.5) is 5.69 Å². The SMILES string of the molecule is CNS(=O)(=O)c1cccc(C(=O)Nc2ccc(CSc3ccccc3)cc2)c1. The van der Waals surface area contributed by atoms with Crippen LogP contribution in [-0.4, -0.2) is 21.4 Å². The van der Waals surface area contributed by atoms with Crippen molar-refractivity contribution in [1.82, 2.24) is 4.72 Å². The molecule has 0 saturated heterocycles. The third-order valence-corrected chi connectivity index (χ3v) is 6.53. The molecule has 0 spiro atoms. The molecule has 0 heterocycles. The van der Waals surface area contributed by atoms with Crippen LogP contribution in [0.2, 0.25) is 0 Å². The topological polar surface area (TPSA) is 75.3 Å². The largest absolute Gasteiger partial charge is 0.322 e. The smallest absolute Gasteiger partial charge is 0.255 e. The van der Waals surface area contributed by atoms with E-state index in [9.17, 15) is 13.2 Å². The molecule has 3 rings (SSSR count). The normalized spacial score (nSPS) is 11.2. The minimum atomic E-state index is -3.59. The van der Waals surface area contributed by atoms with E-state index in [1.807, 2.05) is 42.5 Å². The summed E-state index contributed by atoms with van der Waals surface area (Å²) in [5.74, 6) is 0.474. The van der Waals surface area contributed by atoms with Crippen LogP contribution in [0.15, 0.2) is 88.7 Å². The maximum absolute atomic E-state index is 12.4. The van der Waals surface area contributed by atoms with Crippen LogP contribution in [0.1, 0.15) is 15.9 Å². The van der Waals surface area contributed by atoms with Gasteiger partial charge in [0.2, 0.25) is 10.0 Å². The lowest BCUT2D eigenvalue weighted by Gasteiger charge is -2.08. The van der Waals surface area contributed by atoms with Crippen LogP contribution in [0, 0.1) is 0 Å². The average molecular weight is 413 g/mol. The molecule has 0 aliphatic carbocycles. The van der Waals surface area contributed by atoms with Crippen molar-refractivity contribution < 1.29 is 13.2 Å². The van der Waals surface area contributed by atoms with Gasteiger partial charge in [0.15, 0.2) is 0 Å². The van der Waals surface area contributed by atoms with Crippen LogP contribution in [-0.2, 0) is 15.8 Å². The van der Waals surface area contributed by atoms with Crippen molar-refractivity contribution in [1.29, 1.82) is 0 Å². The first-order chi connectivity index (χ1) is 13.5. The molecule has 0 aliphatic rings. The molecule has 0 bridgehead atoms. The second-order valence-electron chi connectivity index (χ2n) is 5.99. The lowest BCUT2D eigenvalue weighted by Crippen LogP contribution is -2.19. The van der Waals surface area contributed by atoms with Gasteiger partial charge in [0, 0.05) is 21.9 Å². The molecule has 3 aromatic carbocycles. The first-order valence-electron chi connectivity index (χ1n) is 8.60. The number of thioether (sulfide) groups is 1. The fourth-order valence-corrected chi connectivity index (χ4v) is 4.14. The molecule has 1 amide bonds. The maximum Gasteiger partial charge on any atom is 0.255 e. The van der Waals surface area contributed by atoms with Crippen molar-refractivity contribution in [2.24, 2.45) is 0 Å². The zero-order chi connectivity index (χ0) is 20.0. The molecule has 28 heavy (non-hydrogen) atoms. The summed E-state index contributed by atoms with van der Waals surface area (Å²) in [5.41, 5.74) is 2.08. The highest BCUT2D eigenvalue weighted by Gasteiger charge is 2.14. The van der Waals surface area contributed by atoms with E-state index in [-0.39, 0.29) is 16.4 Å². The van der Waals surface area contributed by atoms with Crippen molar-refractivity contribution in [3.05, 3.63) is 90.0 Å². The Morgan fingerprint density at radius 1 is 0.929 bits per heavy atom. The Balaban J connectivity index is 1.64. The van der Waals surface area contributed by atoms with Crippen molar-refractivity contribution >= 4 is 33.4 Å². The Bertz CT molecular complexity index is 1050. The number of amides is 1. The molecule has 5 nitrogen and oxygen atoms in total. The minimum Gasteiger partial charge on any atom is -0.322 e. The zero-order valence-corrected chi connectivity index (χ0v) is 16.9. The zero-order valence-electron chi connectivity index (χ0n) is 15.3. The summed E-state index contributed by atoms with van der Waals surface area (Å²) in [4.78, 5) is 13.7. The molecule has 0 radical (unpaired) electrons. The molecule has 0 unspecified atom stereocenters. The predicted molar refractivity (Wildman–Crippen MR) is 113 cm³/mol. The summed E-state index contributed by atoms with van der Waals surface area (Å²) < 4.78 is 26.0. The molecule has 3 aromatic rings. The predicted octanol–water partition coefficient (Wildman–Crippen LogP) is 4.14. The van der Waals surface area contributed by atoms with Gasteiger partial charge in [-0.2, -0.15) is 0 Å². The maximum atomic E-state index is 12.4. The number of hydrogen-bond donors (Lipinski definition) is 2. The van der Waals surface area contributed by atoms with Gasteiger partial charge in [-0.15, -0.1) is 11.8 Å².